The lowest BCUT2D eigenvalue weighted by molar-refractivity contribution is 0.163. The second kappa shape index (κ2) is 8.66. The summed E-state index contributed by atoms with van der Waals surface area (Å²) in [5.41, 5.74) is 4.29. The number of fused-ring (bicyclic) bond motifs is 1. The van der Waals surface area contributed by atoms with Crippen LogP contribution >= 0.6 is 11.6 Å². The van der Waals surface area contributed by atoms with Crippen LogP contribution in [-0.4, -0.2) is 35.6 Å². The summed E-state index contributed by atoms with van der Waals surface area (Å²) in [5.74, 6) is 1.54. The van der Waals surface area contributed by atoms with E-state index >= 15 is 4.39 Å². The van der Waals surface area contributed by atoms with Crippen molar-refractivity contribution in [3.8, 4) is 5.75 Å². The number of nitrogens with one attached hydrogen (secondary N) is 1. The molecule has 1 N–H and O–H groups in total. The second-order valence-corrected chi connectivity index (χ2v) is 9.67. The van der Waals surface area contributed by atoms with Gasteiger partial charge in [0.15, 0.2) is 11.6 Å². The van der Waals surface area contributed by atoms with Crippen molar-refractivity contribution < 1.29 is 13.9 Å². The molecule has 2 heterocycles. The molecule has 178 valence electrons. The minimum atomic E-state index is -0.418. The van der Waals surface area contributed by atoms with Crippen molar-refractivity contribution in [2.45, 2.75) is 44.6 Å². The molecule has 2 aromatic carbocycles. The summed E-state index contributed by atoms with van der Waals surface area (Å²) >= 11 is 6.34. The first-order chi connectivity index (χ1) is 16.4. The summed E-state index contributed by atoms with van der Waals surface area (Å²) in [5, 5.41) is 0.699. The van der Waals surface area contributed by atoms with Gasteiger partial charge in [0.1, 0.15) is 11.6 Å². The van der Waals surface area contributed by atoms with E-state index in [0.717, 1.165) is 58.8 Å². The highest BCUT2D eigenvalue weighted by Gasteiger charge is 2.44. The Balaban J connectivity index is 1.55. The van der Waals surface area contributed by atoms with Gasteiger partial charge in [-0.3, -0.25) is 0 Å². The number of hydrogen-bond donors (Lipinski definition) is 1. The van der Waals surface area contributed by atoms with Crippen LogP contribution in [0.4, 0.5) is 4.39 Å². The largest absolute Gasteiger partial charge is 0.497 e. The van der Waals surface area contributed by atoms with Gasteiger partial charge < -0.3 is 19.4 Å². The zero-order valence-corrected chi connectivity index (χ0v) is 20.7. The minimum absolute atomic E-state index is 0.0959. The highest BCUT2D eigenvalue weighted by Crippen LogP contribution is 2.46. The Morgan fingerprint density at radius 1 is 1.15 bits per heavy atom. The molecule has 1 saturated heterocycles. The highest BCUT2D eigenvalue weighted by molar-refractivity contribution is 6.32. The Labute approximate surface area is 204 Å². The first-order valence-electron chi connectivity index (χ1n) is 11.6. The maximum absolute atomic E-state index is 15.3. The molecule has 0 bridgehead atoms. The summed E-state index contributed by atoms with van der Waals surface area (Å²) in [6.45, 7) is 4.96. The number of hydrogen-bond acceptors (Lipinski definition) is 4. The van der Waals surface area contributed by atoms with Crippen molar-refractivity contribution in [2.24, 2.45) is 0 Å². The molecule has 5 nitrogen and oxygen atoms in total. The van der Waals surface area contributed by atoms with Crippen molar-refractivity contribution >= 4 is 22.6 Å². The maximum Gasteiger partial charge on any atom is 0.173 e. The Hall–Kier alpha value is -2.99. The molecule has 0 saturated carbocycles. The van der Waals surface area contributed by atoms with Gasteiger partial charge in [-0.05, 0) is 68.2 Å². The third-order valence-corrected chi connectivity index (χ3v) is 7.72. The molecule has 1 unspecified atom stereocenters. The predicted molar refractivity (Wildman–Crippen MR) is 133 cm³/mol. The minimum Gasteiger partial charge on any atom is -0.497 e. The third kappa shape index (κ3) is 3.65. The quantitative estimate of drug-likeness (QED) is 0.438. The van der Waals surface area contributed by atoms with Crippen LogP contribution in [-0.2, 0) is 10.3 Å². The third-order valence-electron chi connectivity index (χ3n) is 7.31. The first-order valence-corrected chi connectivity index (χ1v) is 11.9. The van der Waals surface area contributed by atoms with Crippen LogP contribution in [0.1, 0.15) is 49.1 Å². The average Bonchev–Trinajstić information content (AvgIpc) is 3.46. The van der Waals surface area contributed by atoms with Crippen LogP contribution in [0.2, 0.25) is 5.02 Å². The van der Waals surface area contributed by atoms with E-state index in [-0.39, 0.29) is 11.7 Å². The van der Waals surface area contributed by atoms with E-state index in [4.69, 9.17) is 26.1 Å². The number of imidazole rings is 1. The van der Waals surface area contributed by atoms with Gasteiger partial charge in [-0.15, -0.1) is 0 Å². The summed E-state index contributed by atoms with van der Waals surface area (Å²) in [4.78, 5) is 10.8. The fourth-order valence-corrected chi connectivity index (χ4v) is 5.50. The van der Waals surface area contributed by atoms with Crippen LogP contribution < -0.4 is 4.74 Å². The molecule has 3 aromatic rings. The van der Waals surface area contributed by atoms with Gasteiger partial charge in [-0.1, -0.05) is 23.7 Å². The number of aromatic nitrogens is 2. The number of allylic oxidation sites excluding steroid dienone is 3. The van der Waals surface area contributed by atoms with E-state index in [0.29, 0.717) is 17.2 Å². The van der Waals surface area contributed by atoms with Crippen LogP contribution in [0.5, 0.6) is 5.75 Å². The number of rotatable bonds is 5. The van der Waals surface area contributed by atoms with Gasteiger partial charge in [-0.25, -0.2) is 9.37 Å². The number of aromatic amines is 1. The number of likely N-dealkylation sites (tertiary alicyclic amines) is 1. The Kier molecular flexibility index (Phi) is 5.80. The molecule has 1 aliphatic carbocycles. The summed E-state index contributed by atoms with van der Waals surface area (Å²) in [7, 11) is 3.18. The molecule has 1 fully saturated rings. The standard InChI is InChI=1S/C27H29ClFN3O2/c1-16-20(28)10-11-22-24(16)31-26(30-22)27(2)12-5-13-32(27)23-15-18(14-21(29)25(23)34-4)17-6-8-19(33-3)9-7-17/h6-11,14,18H,5,12-13,15H2,1-4H3,(H,30,31)/t18?,27-/m0/s1. The van der Waals surface area contributed by atoms with Crippen molar-refractivity contribution in [3.05, 3.63) is 81.7 Å². The Morgan fingerprint density at radius 2 is 1.91 bits per heavy atom. The van der Waals surface area contributed by atoms with Crippen molar-refractivity contribution in [2.75, 3.05) is 20.8 Å². The normalized spacial score (nSPS) is 22.9. The first kappa shape index (κ1) is 22.8. The molecule has 0 amide bonds. The molecule has 2 aliphatic rings. The number of halogens is 2. The molecule has 2 atom stereocenters. The maximum atomic E-state index is 15.3. The topological polar surface area (TPSA) is 50.4 Å². The fraction of sp³-hybridized carbons (Fsp3) is 0.370. The van der Waals surface area contributed by atoms with E-state index in [1.807, 2.05) is 43.3 Å². The van der Waals surface area contributed by atoms with Crippen molar-refractivity contribution in [1.29, 1.82) is 0 Å². The predicted octanol–water partition coefficient (Wildman–Crippen LogP) is 6.74. The summed E-state index contributed by atoms with van der Waals surface area (Å²) in [6, 6.07) is 11.7. The lowest BCUT2D eigenvalue weighted by Gasteiger charge is -2.40. The number of H-pyrrole nitrogens is 1. The monoisotopic (exact) mass is 481 g/mol. The average molecular weight is 482 g/mol. The lowest BCUT2D eigenvalue weighted by Crippen LogP contribution is -2.40. The van der Waals surface area contributed by atoms with E-state index in [9.17, 15) is 0 Å². The van der Waals surface area contributed by atoms with Crippen molar-refractivity contribution in [1.82, 2.24) is 14.9 Å². The number of aryl methyl sites for hydroxylation is 1. The van der Waals surface area contributed by atoms with Crippen LogP contribution in [0.15, 0.2) is 59.8 Å². The zero-order valence-electron chi connectivity index (χ0n) is 19.9. The SMILES string of the molecule is COC1=C(N2CCC[C@@]2(C)c2nc3c(C)c(Cl)ccc3[nH]2)CC(c2ccc(OC)cc2)C=C1F. The molecule has 7 heteroatoms. The van der Waals surface area contributed by atoms with E-state index < -0.39 is 5.54 Å². The molecule has 1 aliphatic heterocycles. The van der Waals surface area contributed by atoms with E-state index in [1.54, 1.807) is 13.2 Å². The smallest absolute Gasteiger partial charge is 0.173 e. The van der Waals surface area contributed by atoms with Crippen LogP contribution in [0, 0.1) is 6.92 Å². The number of ether oxygens (including phenoxy) is 2. The number of benzene rings is 2. The molecule has 0 spiro atoms. The van der Waals surface area contributed by atoms with Gasteiger partial charge in [0.05, 0.1) is 36.5 Å². The summed E-state index contributed by atoms with van der Waals surface area (Å²) in [6.07, 6.45) is 4.18. The Morgan fingerprint density at radius 3 is 2.62 bits per heavy atom. The fourth-order valence-electron chi connectivity index (χ4n) is 5.35. The number of nitrogens with zero attached hydrogens (tertiary/aromatic N) is 2. The van der Waals surface area contributed by atoms with Gasteiger partial charge in [-0.2, -0.15) is 0 Å². The van der Waals surface area contributed by atoms with Gasteiger partial charge in [0, 0.05) is 23.9 Å². The molecule has 0 radical (unpaired) electrons. The van der Waals surface area contributed by atoms with E-state index in [1.165, 1.54) is 7.11 Å². The molecule has 34 heavy (non-hydrogen) atoms. The number of methoxy groups -OCH3 is 2. The lowest BCUT2D eigenvalue weighted by atomic mass is 9.87. The molecule has 5 rings (SSSR count). The molecular formula is C27H29ClFN3O2. The van der Waals surface area contributed by atoms with Crippen LogP contribution in [0.25, 0.3) is 11.0 Å². The van der Waals surface area contributed by atoms with E-state index in [2.05, 4.69) is 16.8 Å². The highest BCUT2D eigenvalue weighted by atomic mass is 35.5. The molecular weight excluding hydrogens is 453 g/mol. The van der Waals surface area contributed by atoms with Crippen molar-refractivity contribution in [3.63, 3.8) is 0 Å². The second-order valence-electron chi connectivity index (χ2n) is 9.26. The van der Waals surface area contributed by atoms with Gasteiger partial charge >= 0.3 is 0 Å². The van der Waals surface area contributed by atoms with Crippen LogP contribution in [0.3, 0.4) is 0 Å². The Bertz CT molecular complexity index is 1300. The summed E-state index contributed by atoms with van der Waals surface area (Å²) < 4.78 is 26.2. The molecule has 1 aromatic heterocycles. The van der Waals surface area contributed by atoms with Gasteiger partial charge in [0.2, 0.25) is 0 Å². The van der Waals surface area contributed by atoms with Gasteiger partial charge in [0.25, 0.3) is 0 Å². The zero-order chi connectivity index (χ0) is 24.0.